The molecule has 1 atom stereocenters. The number of rotatable bonds is 8. The van der Waals surface area contributed by atoms with Crippen LogP contribution in [0.4, 0.5) is 5.69 Å². The summed E-state index contributed by atoms with van der Waals surface area (Å²) >= 11 is 0. The van der Waals surface area contributed by atoms with Crippen molar-refractivity contribution in [1.29, 1.82) is 0 Å². The lowest BCUT2D eigenvalue weighted by Gasteiger charge is -2.30. The van der Waals surface area contributed by atoms with Crippen LogP contribution < -0.4 is 5.32 Å². The first-order valence-electron chi connectivity index (χ1n) is 9.16. The number of amides is 2. The van der Waals surface area contributed by atoms with Gasteiger partial charge in [0, 0.05) is 25.2 Å². The smallest absolute Gasteiger partial charge is 0.273 e. The zero-order valence-electron chi connectivity index (χ0n) is 16.3. The van der Waals surface area contributed by atoms with Crippen LogP contribution in [0.2, 0.25) is 0 Å². The van der Waals surface area contributed by atoms with Crippen LogP contribution in [0.15, 0.2) is 48.5 Å². The summed E-state index contributed by atoms with van der Waals surface area (Å²) in [5, 5.41) is 13.9. The summed E-state index contributed by atoms with van der Waals surface area (Å²) in [6.07, 6.45) is 0.296. The van der Waals surface area contributed by atoms with Gasteiger partial charge in [0.15, 0.2) is 0 Å². The number of aryl methyl sites for hydroxylation is 1. The number of carbonyl (C=O) groups excluding carboxylic acids is 2. The van der Waals surface area contributed by atoms with E-state index in [2.05, 4.69) is 5.32 Å². The summed E-state index contributed by atoms with van der Waals surface area (Å²) < 4.78 is 0. The molecule has 0 spiro atoms. The van der Waals surface area contributed by atoms with Crippen molar-refractivity contribution in [3.63, 3.8) is 0 Å². The minimum atomic E-state index is -0.651. The van der Waals surface area contributed by atoms with Gasteiger partial charge in [0.1, 0.15) is 6.04 Å². The summed E-state index contributed by atoms with van der Waals surface area (Å²) in [7, 11) is 1.53. The van der Waals surface area contributed by atoms with E-state index in [9.17, 15) is 19.7 Å². The van der Waals surface area contributed by atoms with Gasteiger partial charge in [-0.1, -0.05) is 55.0 Å². The highest BCUT2D eigenvalue weighted by Crippen LogP contribution is 2.21. The lowest BCUT2D eigenvalue weighted by atomic mass is 10.0. The molecule has 7 heteroatoms. The number of hydrogen-bond donors (Lipinski definition) is 1. The van der Waals surface area contributed by atoms with E-state index in [4.69, 9.17) is 0 Å². The predicted molar refractivity (Wildman–Crippen MR) is 107 cm³/mol. The summed E-state index contributed by atoms with van der Waals surface area (Å²) in [5.41, 5.74) is 2.22. The van der Waals surface area contributed by atoms with Crippen LogP contribution in [0, 0.1) is 17.0 Å². The Hall–Kier alpha value is -3.22. The highest BCUT2D eigenvalue weighted by molar-refractivity contribution is 5.88. The van der Waals surface area contributed by atoms with Gasteiger partial charge in [0.25, 0.3) is 5.69 Å². The van der Waals surface area contributed by atoms with E-state index in [1.165, 1.54) is 18.0 Å². The monoisotopic (exact) mass is 383 g/mol. The van der Waals surface area contributed by atoms with Crippen LogP contribution in [0.1, 0.15) is 30.0 Å². The minimum absolute atomic E-state index is 0.0980. The fourth-order valence-electron chi connectivity index (χ4n) is 3.08. The van der Waals surface area contributed by atoms with Gasteiger partial charge in [-0.25, -0.2) is 0 Å². The topological polar surface area (TPSA) is 92.6 Å². The van der Waals surface area contributed by atoms with Gasteiger partial charge >= 0.3 is 0 Å². The Labute approximate surface area is 164 Å². The Morgan fingerprint density at radius 1 is 1.14 bits per heavy atom. The summed E-state index contributed by atoms with van der Waals surface area (Å²) in [5.74, 6) is -0.587. The highest BCUT2D eigenvalue weighted by atomic mass is 16.6. The molecular weight excluding hydrogens is 358 g/mol. The molecule has 2 aromatic carbocycles. The van der Waals surface area contributed by atoms with Gasteiger partial charge in [-0.3, -0.25) is 19.7 Å². The lowest BCUT2D eigenvalue weighted by Crippen LogP contribution is -2.48. The zero-order chi connectivity index (χ0) is 20.7. The number of nitro benzene ring substituents is 1. The molecule has 148 valence electrons. The van der Waals surface area contributed by atoms with E-state index in [0.29, 0.717) is 12.0 Å². The second-order valence-corrected chi connectivity index (χ2v) is 6.61. The Morgan fingerprint density at radius 2 is 1.79 bits per heavy atom. The summed E-state index contributed by atoms with van der Waals surface area (Å²) in [6.45, 7) is 4.06. The molecule has 2 amide bonds. The summed E-state index contributed by atoms with van der Waals surface area (Å²) in [4.78, 5) is 37.7. The average Bonchev–Trinajstić information content (AvgIpc) is 2.69. The van der Waals surface area contributed by atoms with E-state index in [-0.39, 0.29) is 30.5 Å². The molecule has 0 aliphatic rings. The van der Waals surface area contributed by atoms with E-state index in [0.717, 1.165) is 11.1 Å². The third kappa shape index (κ3) is 5.16. The van der Waals surface area contributed by atoms with E-state index < -0.39 is 11.0 Å². The van der Waals surface area contributed by atoms with Gasteiger partial charge in [0.2, 0.25) is 11.8 Å². The normalized spacial score (nSPS) is 11.5. The predicted octanol–water partition coefficient (Wildman–Crippen LogP) is 3.00. The Morgan fingerprint density at radius 3 is 2.36 bits per heavy atom. The molecule has 2 rings (SSSR count). The van der Waals surface area contributed by atoms with Crippen LogP contribution in [0.25, 0.3) is 0 Å². The van der Waals surface area contributed by atoms with Crippen molar-refractivity contribution >= 4 is 17.5 Å². The quantitative estimate of drug-likeness (QED) is 0.560. The van der Waals surface area contributed by atoms with Crippen molar-refractivity contribution in [3.05, 3.63) is 75.3 Å². The van der Waals surface area contributed by atoms with Gasteiger partial charge < -0.3 is 10.2 Å². The van der Waals surface area contributed by atoms with Crippen molar-refractivity contribution < 1.29 is 14.5 Å². The highest BCUT2D eigenvalue weighted by Gasteiger charge is 2.29. The average molecular weight is 383 g/mol. The minimum Gasteiger partial charge on any atom is -0.357 e. The van der Waals surface area contributed by atoms with Crippen molar-refractivity contribution in [3.8, 4) is 0 Å². The molecule has 0 saturated carbocycles. The number of hydrogen-bond acceptors (Lipinski definition) is 4. The first-order chi connectivity index (χ1) is 13.4. The number of benzene rings is 2. The molecule has 0 bridgehead atoms. The molecule has 0 aliphatic heterocycles. The maximum Gasteiger partial charge on any atom is 0.273 e. The number of para-hydroxylation sites is 1. The number of likely N-dealkylation sites (N-methyl/N-ethyl adjacent to an activating group) is 1. The third-order valence-corrected chi connectivity index (χ3v) is 4.64. The maximum atomic E-state index is 13.1. The van der Waals surface area contributed by atoms with Crippen LogP contribution in [-0.4, -0.2) is 34.7 Å². The molecule has 0 saturated heterocycles. The molecule has 1 unspecified atom stereocenters. The Kier molecular flexibility index (Phi) is 7.26. The second-order valence-electron chi connectivity index (χ2n) is 6.61. The first kappa shape index (κ1) is 21.1. The van der Waals surface area contributed by atoms with Gasteiger partial charge in [-0.2, -0.15) is 0 Å². The standard InChI is InChI=1S/C21H25N3O4/c1-4-18(21(26)22-3)23(14-16-11-9-15(2)10-12-16)20(25)13-17-7-5-6-8-19(17)24(27)28/h5-12,18H,4,13-14H2,1-3H3,(H,22,26). The van der Waals surface area contributed by atoms with Crippen LogP contribution in [0.5, 0.6) is 0 Å². The fourth-order valence-corrected chi connectivity index (χ4v) is 3.08. The number of carbonyl (C=O) groups is 2. The van der Waals surface area contributed by atoms with Crippen molar-refractivity contribution in [2.75, 3.05) is 7.05 Å². The van der Waals surface area contributed by atoms with Gasteiger partial charge in [-0.15, -0.1) is 0 Å². The molecule has 0 aromatic heterocycles. The zero-order valence-corrected chi connectivity index (χ0v) is 16.3. The number of nitro groups is 1. The number of nitrogens with zero attached hydrogens (tertiary/aromatic N) is 2. The molecule has 1 N–H and O–H groups in total. The molecule has 2 aromatic rings. The van der Waals surface area contributed by atoms with Crippen LogP contribution in [0.3, 0.4) is 0 Å². The number of nitrogens with one attached hydrogen (secondary N) is 1. The summed E-state index contributed by atoms with van der Waals surface area (Å²) in [6, 6.07) is 13.2. The van der Waals surface area contributed by atoms with E-state index >= 15 is 0 Å². The third-order valence-electron chi connectivity index (χ3n) is 4.64. The molecule has 0 aliphatic carbocycles. The second kappa shape index (κ2) is 9.64. The molecular formula is C21H25N3O4. The fraction of sp³-hybridized carbons (Fsp3) is 0.333. The molecule has 0 heterocycles. The molecule has 28 heavy (non-hydrogen) atoms. The van der Waals surface area contributed by atoms with Crippen molar-refractivity contribution in [2.24, 2.45) is 0 Å². The van der Waals surface area contributed by atoms with Gasteiger partial charge in [0.05, 0.1) is 11.3 Å². The van der Waals surface area contributed by atoms with Crippen LogP contribution >= 0.6 is 0 Å². The SMILES string of the molecule is CCC(C(=O)NC)N(Cc1ccc(C)cc1)C(=O)Cc1ccccc1[N+](=O)[O-]. The Balaban J connectivity index is 2.34. The van der Waals surface area contributed by atoms with Crippen molar-refractivity contribution in [1.82, 2.24) is 10.2 Å². The van der Waals surface area contributed by atoms with E-state index in [1.54, 1.807) is 18.2 Å². The first-order valence-corrected chi connectivity index (χ1v) is 9.16. The molecule has 0 fully saturated rings. The maximum absolute atomic E-state index is 13.1. The van der Waals surface area contributed by atoms with E-state index in [1.807, 2.05) is 38.1 Å². The molecule has 7 nitrogen and oxygen atoms in total. The molecule has 0 radical (unpaired) electrons. The van der Waals surface area contributed by atoms with Crippen molar-refractivity contribution in [2.45, 2.75) is 39.3 Å². The largest absolute Gasteiger partial charge is 0.357 e. The van der Waals surface area contributed by atoms with Crippen LogP contribution in [-0.2, 0) is 22.6 Å². The Bertz CT molecular complexity index is 849. The lowest BCUT2D eigenvalue weighted by molar-refractivity contribution is -0.385. The van der Waals surface area contributed by atoms with Gasteiger partial charge in [-0.05, 0) is 18.9 Å².